The molecule has 0 atom stereocenters. The van der Waals surface area contributed by atoms with E-state index in [-0.39, 0.29) is 22.7 Å². The summed E-state index contributed by atoms with van der Waals surface area (Å²) >= 11 is 0. The van der Waals surface area contributed by atoms with E-state index < -0.39 is 0 Å². The van der Waals surface area contributed by atoms with E-state index >= 15 is 0 Å². The van der Waals surface area contributed by atoms with Crippen molar-refractivity contribution in [2.75, 3.05) is 13.1 Å². The summed E-state index contributed by atoms with van der Waals surface area (Å²) < 4.78 is 0. The second-order valence-electron chi connectivity index (χ2n) is 5.28. The number of amidine groups is 1. The van der Waals surface area contributed by atoms with E-state index in [1.54, 1.807) is 11.0 Å². The van der Waals surface area contributed by atoms with E-state index in [0.717, 1.165) is 0 Å². The summed E-state index contributed by atoms with van der Waals surface area (Å²) in [7, 11) is 0. The van der Waals surface area contributed by atoms with Crippen LogP contribution in [0.3, 0.4) is 0 Å². The fourth-order valence-corrected chi connectivity index (χ4v) is 2.34. The number of oxime groups is 1. The molecule has 1 saturated heterocycles. The van der Waals surface area contributed by atoms with Gasteiger partial charge in [0.15, 0.2) is 0 Å². The smallest absolute Gasteiger partial charge is 0.254 e. The molecule has 2 rings (SSSR count). The molecule has 2 heterocycles. The Balaban J connectivity index is 2.08. The van der Waals surface area contributed by atoms with Crippen molar-refractivity contribution in [3.05, 3.63) is 34.2 Å². The van der Waals surface area contributed by atoms with Crippen LogP contribution >= 0.6 is 0 Å². The number of piperidine rings is 1. The average molecular weight is 278 g/mol. The number of carbonyl (C=O) groups excluding carboxylic acids is 1. The molecule has 0 spiro atoms. The van der Waals surface area contributed by atoms with Gasteiger partial charge in [0.1, 0.15) is 5.84 Å². The molecule has 0 bridgehead atoms. The van der Waals surface area contributed by atoms with Gasteiger partial charge in [-0.05, 0) is 18.9 Å². The van der Waals surface area contributed by atoms with Crippen LogP contribution < -0.4 is 11.3 Å². The zero-order chi connectivity index (χ0) is 14.8. The lowest BCUT2D eigenvalue weighted by Gasteiger charge is -2.38. The molecule has 1 aromatic rings. The lowest BCUT2D eigenvalue weighted by atomic mass is 9.79. The van der Waals surface area contributed by atoms with Crippen molar-refractivity contribution in [1.82, 2.24) is 9.88 Å². The lowest BCUT2D eigenvalue weighted by Crippen LogP contribution is -2.47. The van der Waals surface area contributed by atoms with E-state index in [9.17, 15) is 9.59 Å². The van der Waals surface area contributed by atoms with Crippen molar-refractivity contribution in [3.63, 3.8) is 0 Å². The Morgan fingerprint density at radius 3 is 2.70 bits per heavy atom. The van der Waals surface area contributed by atoms with E-state index in [1.807, 2.05) is 6.92 Å². The largest absolute Gasteiger partial charge is 0.409 e. The van der Waals surface area contributed by atoms with Crippen molar-refractivity contribution >= 4 is 11.7 Å². The molecule has 0 aliphatic carbocycles. The van der Waals surface area contributed by atoms with Gasteiger partial charge in [0.25, 0.3) is 5.91 Å². The Kier molecular flexibility index (Phi) is 3.78. The summed E-state index contributed by atoms with van der Waals surface area (Å²) in [5.41, 5.74) is 5.38. The van der Waals surface area contributed by atoms with Crippen LogP contribution in [0.1, 0.15) is 30.1 Å². The number of nitrogens with one attached hydrogen (secondary N) is 1. The summed E-state index contributed by atoms with van der Waals surface area (Å²) in [6.07, 6.45) is 2.70. The number of hydrogen-bond acceptors (Lipinski definition) is 4. The minimum absolute atomic E-state index is 0.169. The van der Waals surface area contributed by atoms with Gasteiger partial charge in [0.05, 0.1) is 0 Å². The second kappa shape index (κ2) is 5.36. The van der Waals surface area contributed by atoms with Crippen molar-refractivity contribution < 1.29 is 10.0 Å². The zero-order valence-electron chi connectivity index (χ0n) is 11.3. The quantitative estimate of drug-likeness (QED) is 0.314. The Hall–Kier alpha value is -2.31. The van der Waals surface area contributed by atoms with Crippen LogP contribution in [0.2, 0.25) is 0 Å². The van der Waals surface area contributed by atoms with Gasteiger partial charge in [-0.2, -0.15) is 0 Å². The minimum Gasteiger partial charge on any atom is -0.409 e. The standard InChI is InChI=1S/C13H18N4O3/c1-13(12(14)16-20)3-6-17(7-4-13)11(19)9-2-5-15-10(18)8-9/h2,5,8,20H,3-4,6-7H2,1H3,(H2,14,16)(H,15,18). The highest BCUT2D eigenvalue weighted by Crippen LogP contribution is 2.31. The van der Waals surface area contributed by atoms with Gasteiger partial charge >= 0.3 is 0 Å². The van der Waals surface area contributed by atoms with Crippen LogP contribution in [-0.4, -0.2) is 39.9 Å². The number of rotatable bonds is 2. The van der Waals surface area contributed by atoms with Gasteiger partial charge in [0, 0.05) is 36.3 Å². The maximum atomic E-state index is 12.3. The molecule has 1 fully saturated rings. The van der Waals surface area contributed by atoms with Gasteiger partial charge < -0.3 is 20.8 Å². The molecule has 1 aromatic heterocycles. The summed E-state index contributed by atoms with van der Waals surface area (Å²) in [6.45, 7) is 2.94. The highest BCUT2D eigenvalue weighted by atomic mass is 16.4. The second-order valence-corrected chi connectivity index (χ2v) is 5.28. The molecule has 7 nitrogen and oxygen atoms in total. The Morgan fingerprint density at radius 1 is 1.50 bits per heavy atom. The van der Waals surface area contributed by atoms with Crippen LogP contribution in [0, 0.1) is 5.41 Å². The van der Waals surface area contributed by atoms with E-state index in [0.29, 0.717) is 31.5 Å². The molecule has 4 N–H and O–H groups in total. The van der Waals surface area contributed by atoms with Gasteiger partial charge in [-0.25, -0.2) is 0 Å². The third kappa shape index (κ3) is 2.66. The molecule has 0 radical (unpaired) electrons. The molecule has 20 heavy (non-hydrogen) atoms. The van der Waals surface area contributed by atoms with Crippen molar-refractivity contribution in [2.45, 2.75) is 19.8 Å². The normalized spacial score (nSPS) is 18.9. The number of pyridine rings is 1. The number of aromatic nitrogens is 1. The maximum Gasteiger partial charge on any atom is 0.254 e. The van der Waals surface area contributed by atoms with Crippen LogP contribution in [0.15, 0.2) is 28.3 Å². The number of aromatic amines is 1. The van der Waals surface area contributed by atoms with Crippen LogP contribution in [0.4, 0.5) is 0 Å². The Labute approximate surface area is 116 Å². The molecule has 7 heteroatoms. The van der Waals surface area contributed by atoms with Crippen LogP contribution in [-0.2, 0) is 0 Å². The first-order chi connectivity index (χ1) is 9.46. The SMILES string of the molecule is CC1(/C(N)=N/O)CCN(C(=O)c2cc[nH]c(=O)c2)CC1. The fraction of sp³-hybridized carbons (Fsp3) is 0.462. The molecule has 0 unspecified atom stereocenters. The maximum absolute atomic E-state index is 12.3. The van der Waals surface area contributed by atoms with Crippen molar-refractivity contribution in [2.24, 2.45) is 16.3 Å². The van der Waals surface area contributed by atoms with Crippen molar-refractivity contribution in [1.29, 1.82) is 0 Å². The summed E-state index contributed by atoms with van der Waals surface area (Å²) in [5.74, 6) is 0.0263. The van der Waals surface area contributed by atoms with Gasteiger partial charge in [-0.3, -0.25) is 9.59 Å². The number of nitrogens with two attached hydrogens (primary N) is 1. The predicted molar refractivity (Wildman–Crippen MR) is 73.7 cm³/mol. The molecule has 108 valence electrons. The third-order valence-electron chi connectivity index (χ3n) is 3.90. The van der Waals surface area contributed by atoms with Crippen LogP contribution in [0.25, 0.3) is 0 Å². The number of carbonyl (C=O) groups is 1. The number of likely N-dealkylation sites (tertiary alicyclic amines) is 1. The molecule has 0 aromatic carbocycles. The molecule has 1 amide bonds. The highest BCUT2D eigenvalue weighted by Gasteiger charge is 2.35. The molecule has 0 saturated carbocycles. The zero-order valence-corrected chi connectivity index (χ0v) is 11.3. The monoisotopic (exact) mass is 278 g/mol. The van der Waals surface area contributed by atoms with E-state index in [1.165, 1.54) is 12.3 Å². The fourth-order valence-electron chi connectivity index (χ4n) is 2.34. The number of hydrogen-bond donors (Lipinski definition) is 3. The first-order valence-electron chi connectivity index (χ1n) is 6.42. The van der Waals surface area contributed by atoms with Gasteiger partial charge in [-0.15, -0.1) is 0 Å². The molecular weight excluding hydrogens is 260 g/mol. The first-order valence-corrected chi connectivity index (χ1v) is 6.42. The van der Waals surface area contributed by atoms with E-state index in [4.69, 9.17) is 10.9 Å². The van der Waals surface area contributed by atoms with E-state index in [2.05, 4.69) is 10.1 Å². The minimum atomic E-state index is -0.389. The predicted octanol–water partition coefficient (Wildman–Crippen LogP) is 0.364. The summed E-state index contributed by atoms with van der Waals surface area (Å²) in [4.78, 5) is 27.6. The van der Waals surface area contributed by atoms with Crippen molar-refractivity contribution in [3.8, 4) is 0 Å². The molecule has 1 aliphatic heterocycles. The Morgan fingerprint density at radius 2 is 2.15 bits per heavy atom. The lowest BCUT2D eigenvalue weighted by molar-refractivity contribution is 0.0666. The number of H-pyrrole nitrogens is 1. The van der Waals surface area contributed by atoms with Crippen LogP contribution in [0.5, 0.6) is 0 Å². The number of nitrogens with zero attached hydrogens (tertiary/aromatic N) is 2. The Bertz CT molecular complexity index is 585. The van der Waals surface area contributed by atoms with Gasteiger partial charge in [-0.1, -0.05) is 12.1 Å². The first kappa shape index (κ1) is 14.1. The highest BCUT2D eigenvalue weighted by molar-refractivity contribution is 5.94. The molecule has 1 aliphatic rings. The summed E-state index contributed by atoms with van der Waals surface area (Å²) in [6, 6.07) is 2.88. The molecular formula is C13H18N4O3. The summed E-state index contributed by atoms with van der Waals surface area (Å²) in [5, 5.41) is 11.8. The topological polar surface area (TPSA) is 112 Å². The number of amides is 1. The average Bonchev–Trinajstić information content (AvgIpc) is 2.46. The third-order valence-corrected chi connectivity index (χ3v) is 3.90. The van der Waals surface area contributed by atoms with Gasteiger partial charge in [0.2, 0.25) is 5.56 Å².